The van der Waals surface area contributed by atoms with E-state index in [0.29, 0.717) is 6.42 Å². The van der Waals surface area contributed by atoms with Crippen molar-refractivity contribution in [1.29, 1.82) is 0 Å². The fourth-order valence-corrected chi connectivity index (χ4v) is 3.42. The van der Waals surface area contributed by atoms with Crippen LogP contribution in [0, 0.1) is 11.6 Å². The van der Waals surface area contributed by atoms with Crippen LogP contribution in [0.1, 0.15) is 37.0 Å². The molecule has 0 saturated heterocycles. The molecule has 2 rings (SSSR count). The molecule has 2 aromatic rings. The van der Waals surface area contributed by atoms with Gasteiger partial charge in [0.05, 0.1) is 17.9 Å². The van der Waals surface area contributed by atoms with Crippen molar-refractivity contribution in [3.05, 3.63) is 64.7 Å². The lowest BCUT2D eigenvalue weighted by atomic mass is 10.1. The van der Waals surface area contributed by atoms with Gasteiger partial charge in [0, 0.05) is 18.2 Å². The Hall–Kier alpha value is -3.15. The van der Waals surface area contributed by atoms with Crippen LogP contribution in [-0.4, -0.2) is 33.2 Å². The maximum Gasteiger partial charge on any atom is 0.416 e. The van der Waals surface area contributed by atoms with E-state index in [1.165, 1.54) is 12.1 Å². The number of carbonyl (C=O) groups excluding carboxylic acids is 1. The van der Waals surface area contributed by atoms with Crippen molar-refractivity contribution < 1.29 is 39.9 Å². The van der Waals surface area contributed by atoms with E-state index in [-0.39, 0.29) is 35.9 Å². The van der Waals surface area contributed by atoms with Gasteiger partial charge in [0.25, 0.3) is 0 Å². The van der Waals surface area contributed by atoms with Gasteiger partial charge in [-0.1, -0.05) is 13.0 Å². The Bertz CT molecular complexity index is 1170. The highest BCUT2D eigenvalue weighted by Crippen LogP contribution is 2.34. The van der Waals surface area contributed by atoms with Crippen molar-refractivity contribution in [3.63, 3.8) is 0 Å². The van der Waals surface area contributed by atoms with Crippen LogP contribution in [0.2, 0.25) is 0 Å². The van der Waals surface area contributed by atoms with Gasteiger partial charge in [-0.2, -0.15) is 13.2 Å². The van der Waals surface area contributed by atoms with Crippen LogP contribution in [0.25, 0.3) is 6.08 Å². The minimum atomic E-state index is -4.55. The number of alkyl halides is 3. The first-order valence-corrected chi connectivity index (χ1v) is 12.4. The van der Waals surface area contributed by atoms with Crippen molar-refractivity contribution in [2.75, 3.05) is 17.5 Å². The van der Waals surface area contributed by atoms with Gasteiger partial charge in [-0.3, -0.25) is 9.52 Å². The number of rotatable bonds is 10. The smallest absolute Gasteiger partial charge is 0.416 e. The molecular weight excluding hydrogens is 495 g/mol. The van der Waals surface area contributed by atoms with Crippen LogP contribution in [0.15, 0.2) is 36.4 Å². The summed E-state index contributed by atoms with van der Waals surface area (Å²) >= 11 is 0. The predicted octanol–water partition coefficient (Wildman–Crippen LogP) is 4.90. The molecule has 0 unspecified atom stereocenters. The normalized spacial score (nSPS) is 13.0. The molecule has 35 heavy (non-hydrogen) atoms. The van der Waals surface area contributed by atoms with Crippen LogP contribution in [0.4, 0.5) is 27.6 Å². The van der Waals surface area contributed by atoms with Crippen LogP contribution in [-0.2, 0) is 27.4 Å². The molecule has 0 aromatic heterocycles. The summed E-state index contributed by atoms with van der Waals surface area (Å²) in [5, 5.41) is 2.50. The molecule has 12 heteroatoms. The second-order valence-electron chi connectivity index (χ2n) is 7.77. The Morgan fingerprint density at radius 1 is 1.14 bits per heavy atom. The van der Waals surface area contributed by atoms with Gasteiger partial charge < -0.3 is 10.1 Å². The highest BCUT2D eigenvalue weighted by Gasteiger charge is 2.31. The topological polar surface area (TPSA) is 84.5 Å². The average molecular weight is 521 g/mol. The van der Waals surface area contributed by atoms with Gasteiger partial charge in [0.2, 0.25) is 15.9 Å². The Labute approximate surface area is 200 Å². The average Bonchev–Trinajstić information content (AvgIpc) is 2.74. The highest BCUT2D eigenvalue weighted by molar-refractivity contribution is 7.92. The molecule has 0 heterocycles. The van der Waals surface area contributed by atoms with Crippen molar-refractivity contribution >= 4 is 27.7 Å². The van der Waals surface area contributed by atoms with E-state index in [2.05, 4.69) is 5.32 Å². The van der Waals surface area contributed by atoms with Gasteiger partial charge in [-0.15, -0.1) is 0 Å². The van der Waals surface area contributed by atoms with Crippen LogP contribution in [0.3, 0.4) is 0 Å². The van der Waals surface area contributed by atoms with Gasteiger partial charge in [0.15, 0.2) is 11.6 Å². The first-order chi connectivity index (χ1) is 16.2. The lowest BCUT2D eigenvalue weighted by molar-refractivity contribution is -0.137. The van der Waals surface area contributed by atoms with Gasteiger partial charge in [-0.25, -0.2) is 17.2 Å². The van der Waals surface area contributed by atoms with Crippen molar-refractivity contribution in [2.45, 2.75) is 39.0 Å². The van der Waals surface area contributed by atoms with E-state index in [1.807, 2.05) is 6.92 Å². The lowest BCUT2D eigenvalue weighted by Crippen LogP contribution is -2.23. The number of hydrogen-bond donors (Lipinski definition) is 2. The summed E-state index contributed by atoms with van der Waals surface area (Å²) in [4.78, 5) is 12.1. The van der Waals surface area contributed by atoms with Gasteiger partial charge >= 0.3 is 6.18 Å². The molecule has 0 spiro atoms. The third-order valence-corrected chi connectivity index (χ3v) is 5.34. The van der Waals surface area contributed by atoms with E-state index >= 15 is 0 Å². The quantitative estimate of drug-likeness (QED) is 0.345. The molecule has 0 fully saturated rings. The second-order valence-corrected chi connectivity index (χ2v) is 9.52. The first-order valence-electron chi connectivity index (χ1n) is 10.5. The molecule has 192 valence electrons. The van der Waals surface area contributed by atoms with Crippen LogP contribution < -0.4 is 14.8 Å². The van der Waals surface area contributed by atoms with Crippen LogP contribution >= 0.6 is 0 Å². The number of halogens is 5. The standard InChI is InChI=1S/C23H25F5N2O4S/c1-4-14(2)34-20-13-17(23(26,27)28)7-5-16(20)6-8-21(31)29-10-9-15-11-18(24)22(19(25)12-15)30-35(3,32)33/h5-8,11-14,30H,4,9-10H2,1-3H3,(H,29,31)/t14-/m1/s1. The molecule has 0 radical (unpaired) electrons. The maximum atomic E-state index is 14.0. The van der Waals surface area contributed by atoms with E-state index < -0.39 is 45.0 Å². The molecule has 0 aliphatic rings. The largest absolute Gasteiger partial charge is 0.490 e. The maximum absolute atomic E-state index is 14.0. The van der Waals surface area contributed by atoms with E-state index in [0.717, 1.165) is 36.6 Å². The first kappa shape index (κ1) is 28.1. The fraction of sp³-hybridized carbons (Fsp3) is 0.348. The van der Waals surface area contributed by atoms with Gasteiger partial charge in [0.1, 0.15) is 11.4 Å². The third-order valence-electron chi connectivity index (χ3n) is 4.76. The minimum Gasteiger partial charge on any atom is -0.490 e. The lowest BCUT2D eigenvalue weighted by Gasteiger charge is -2.17. The van der Waals surface area contributed by atoms with E-state index in [4.69, 9.17) is 4.74 Å². The summed E-state index contributed by atoms with van der Waals surface area (Å²) in [5.74, 6) is -2.82. The Balaban J connectivity index is 2.05. The number of nitrogens with one attached hydrogen (secondary N) is 2. The molecule has 0 bridgehead atoms. The minimum absolute atomic E-state index is 0.00978. The molecule has 0 aliphatic heterocycles. The number of benzene rings is 2. The number of hydrogen-bond acceptors (Lipinski definition) is 4. The zero-order valence-electron chi connectivity index (χ0n) is 19.2. The summed E-state index contributed by atoms with van der Waals surface area (Å²) < 4.78 is 96.9. The van der Waals surface area contributed by atoms with E-state index in [1.54, 1.807) is 11.6 Å². The molecule has 2 aromatic carbocycles. The summed E-state index contributed by atoms with van der Waals surface area (Å²) in [6.45, 7) is 3.51. The molecular formula is C23H25F5N2O4S. The third kappa shape index (κ3) is 8.85. The monoisotopic (exact) mass is 520 g/mol. The number of ether oxygens (including phenoxy) is 1. The summed E-state index contributed by atoms with van der Waals surface area (Å²) in [7, 11) is -3.87. The fourth-order valence-electron chi connectivity index (χ4n) is 2.86. The zero-order valence-corrected chi connectivity index (χ0v) is 20.0. The second kappa shape index (κ2) is 11.5. The molecule has 1 amide bonds. The van der Waals surface area contributed by atoms with E-state index in [9.17, 15) is 35.2 Å². The number of anilines is 1. The Morgan fingerprint density at radius 3 is 2.31 bits per heavy atom. The zero-order chi connectivity index (χ0) is 26.4. The van der Waals surface area contributed by atoms with Crippen molar-refractivity contribution in [1.82, 2.24) is 5.32 Å². The number of sulfonamides is 1. The summed E-state index contributed by atoms with van der Waals surface area (Å²) in [6, 6.07) is 4.84. The van der Waals surface area contributed by atoms with Crippen molar-refractivity contribution in [2.24, 2.45) is 0 Å². The molecule has 6 nitrogen and oxygen atoms in total. The summed E-state index contributed by atoms with van der Waals surface area (Å²) in [6.07, 6.45) is -1.14. The Kier molecular flexibility index (Phi) is 9.24. The molecule has 0 aliphatic carbocycles. The molecule has 0 saturated carbocycles. The number of amides is 1. The SMILES string of the molecule is CC[C@@H](C)Oc1cc(C(F)(F)F)ccc1C=CC(=O)NCCc1cc(F)c(NS(C)(=O)=O)c(F)c1. The van der Waals surface area contributed by atoms with Gasteiger partial charge in [-0.05, 0) is 55.7 Å². The molecule has 1 atom stereocenters. The van der Waals surface area contributed by atoms with Crippen molar-refractivity contribution in [3.8, 4) is 5.75 Å². The number of carbonyl (C=O) groups is 1. The summed E-state index contributed by atoms with van der Waals surface area (Å²) in [5.41, 5.74) is -1.23. The Morgan fingerprint density at radius 2 is 1.77 bits per heavy atom. The van der Waals surface area contributed by atoms with Crippen LogP contribution in [0.5, 0.6) is 5.75 Å². The highest BCUT2D eigenvalue weighted by atomic mass is 32.2. The predicted molar refractivity (Wildman–Crippen MR) is 122 cm³/mol. The molecule has 2 N–H and O–H groups in total.